The molecule has 1 atom stereocenters. The molecule has 5 heteroatoms. The van der Waals surface area contributed by atoms with E-state index in [-0.39, 0.29) is 19.0 Å². The van der Waals surface area contributed by atoms with E-state index in [0.29, 0.717) is 17.9 Å². The molecule has 0 saturated heterocycles. The zero-order valence-electron chi connectivity index (χ0n) is 10.4. The molecule has 1 rings (SSSR count). The summed E-state index contributed by atoms with van der Waals surface area (Å²) in [5.74, 6) is 1.34. The van der Waals surface area contributed by atoms with Crippen molar-refractivity contribution in [1.29, 1.82) is 0 Å². The lowest BCUT2D eigenvalue weighted by Crippen LogP contribution is -2.36. The SMILES string of the molecule is COc1ccc(CC(C)(O)CN)cc1OC.Cl. The van der Waals surface area contributed by atoms with Gasteiger partial charge in [0.15, 0.2) is 11.5 Å². The lowest BCUT2D eigenvalue weighted by molar-refractivity contribution is 0.0696. The lowest BCUT2D eigenvalue weighted by Gasteiger charge is -2.21. The molecule has 4 nitrogen and oxygen atoms in total. The Morgan fingerprint density at radius 1 is 1.24 bits per heavy atom. The fourth-order valence-corrected chi connectivity index (χ4v) is 1.50. The van der Waals surface area contributed by atoms with Gasteiger partial charge in [-0.3, -0.25) is 0 Å². The monoisotopic (exact) mass is 261 g/mol. The third-order valence-electron chi connectivity index (χ3n) is 2.47. The van der Waals surface area contributed by atoms with Crippen LogP contribution in [0.3, 0.4) is 0 Å². The van der Waals surface area contributed by atoms with Crippen molar-refractivity contribution < 1.29 is 14.6 Å². The molecule has 0 bridgehead atoms. The van der Waals surface area contributed by atoms with Crippen LogP contribution in [0.2, 0.25) is 0 Å². The number of ether oxygens (including phenoxy) is 2. The van der Waals surface area contributed by atoms with Gasteiger partial charge in [-0.15, -0.1) is 12.4 Å². The Morgan fingerprint density at radius 2 is 1.82 bits per heavy atom. The fourth-order valence-electron chi connectivity index (χ4n) is 1.50. The van der Waals surface area contributed by atoms with Crippen LogP contribution in [0.4, 0.5) is 0 Å². The zero-order chi connectivity index (χ0) is 12.2. The number of benzene rings is 1. The van der Waals surface area contributed by atoms with Gasteiger partial charge >= 0.3 is 0 Å². The second-order valence-electron chi connectivity index (χ2n) is 4.07. The van der Waals surface area contributed by atoms with Gasteiger partial charge in [-0.05, 0) is 24.6 Å². The molecule has 17 heavy (non-hydrogen) atoms. The number of rotatable bonds is 5. The maximum absolute atomic E-state index is 9.87. The molecular formula is C12H20ClNO3. The van der Waals surface area contributed by atoms with Crippen molar-refractivity contribution in [1.82, 2.24) is 0 Å². The topological polar surface area (TPSA) is 64.7 Å². The highest BCUT2D eigenvalue weighted by molar-refractivity contribution is 5.85. The van der Waals surface area contributed by atoms with E-state index >= 15 is 0 Å². The van der Waals surface area contributed by atoms with E-state index in [2.05, 4.69) is 0 Å². The molecule has 1 aromatic rings. The minimum Gasteiger partial charge on any atom is -0.493 e. The van der Waals surface area contributed by atoms with Crippen molar-refractivity contribution in [2.75, 3.05) is 20.8 Å². The molecule has 3 N–H and O–H groups in total. The molecular weight excluding hydrogens is 242 g/mol. The molecule has 0 aromatic heterocycles. The molecule has 0 aliphatic rings. The van der Waals surface area contributed by atoms with Crippen molar-refractivity contribution in [2.45, 2.75) is 18.9 Å². The van der Waals surface area contributed by atoms with Crippen LogP contribution in [-0.2, 0) is 6.42 Å². The molecule has 0 saturated carbocycles. The molecule has 0 spiro atoms. The second-order valence-corrected chi connectivity index (χ2v) is 4.07. The van der Waals surface area contributed by atoms with Crippen LogP contribution < -0.4 is 15.2 Å². The largest absolute Gasteiger partial charge is 0.493 e. The van der Waals surface area contributed by atoms with Gasteiger partial charge in [-0.1, -0.05) is 6.07 Å². The van der Waals surface area contributed by atoms with Crippen LogP contribution >= 0.6 is 12.4 Å². The minimum atomic E-state index is -0.889. The minimum absolute atomic E-state index is 0. The smallest absolute Gasteiger partial charge is 0.160 e. The predicted octanol–water partition coefficient (Wildman–Crippen LogP) is 1.38. The van der Waals surface area contributed by atoms with E-state index in [1.54, 1.807) is 21.1 Å². The molecule has 0 aliphatic carbocycles. The number of halogens is 1. The predicted molar refractivity (Wildman–Crippen MR) is 70.2 cm³/mol. The van der Waals surface area contributed by atoms with E-state index in [4.69, 9.17) is 15.2 Å². The third-order valence-corrected chi connectivity index (χ3v) is 2.47. The first-order valence-corrected chi connectivity index (χ1v) is 5.16. The molecule has 0 fully saturated rings. The first-order valence-electron chi connectivity index (χ1n) is 5.16. The lowest BCUT2D eigenvalue weighted by atomic mass is 9.96. The summed E-state index contributed by atoms with van der Waals surface area (Å²) in [4.78, 5) is 0. The molecule has 1 aromatic carbocycles. The normalized spacial score (nSPS) is 13.5. The third kappa shape index (κ3) is 4.42. The van der Waals surface area contributed by atoms with E-state index < -0.39 is 5.60 Å². The van der Waals surface area contributed by atoms with Gasteiger partial charge in [0, 0.05) is 13.0 Å². The summed E-state index contributed by atoms with van der Waals surface area (Å²) in [5.41, 5.74) is 5.55. The van der Waals surface area contributed by atoms with Crippen LogP contribution in [0, 0.1) is 0 Å². The first-order chi connectivity index (χ1) is 7.52. The Labute approximate surface area is 108 Å². The van der Waals surface area contributed by atoms with E-state index in [9.17, 15) is 5.11 Å². The van der Waals surface area contributed by atoms with E-state index in [1.165, 1.54) is 0 Å². The van der Waals surface area contributed by atoms with E-state index in [1.807, 2.05) is 18.2 Å². The van der Waals surface area contributed by atoms with Crippen molar-refractivity contribution in [3.63, 3.8) is 0 Å². The number of aliphatic hydroxyl groups is 1. The zero-order valence-corrected chi connectivity index (χ0v) is 11.2. The van der Waals surface area contributed by atoms with Crippen molar-refractivity contribution in [3.8, 4) is 11.5 Å². The molecule has 0 heterocycles. The highest BCUT2D eigenvalue weighted by atomic mass is 35.5. The van der Waals surface area contributed by atoms with Gasteiger partial charge in [0.25, 0.3) is 0 Å². The van der Waals surface area contributed by atoms with Crippen molar-refractivity contribution in [2.24, 2.45) is 5.73 Å². The molecule has 1 unspecified atom stereocenters. The number of hydrogen-bond acceptors (Lipinski definition) is 4. The highest BCUT2D eigenvalue weighted by Crippen LogP contribution is 2.28. The van der Waals surface area contributed by atoms with Gasteiger partial charge in [0.2, 0.25) is 0 Å². The standard InChI is InChI=1S/C12H19NO3.ClH/c1-12(14,8-13)7-9-4-5-10(15-2)11(6-9)16-3;/h4-6,14H,7-8,13H2,1-3H3;1H. The summed E-state index contributed by atoms with van der Waals surface area (Å²) in [6.45, 7) is 1.94. The average molecular weight is 262 g/mol. The fraction of sp³-hybridized carbons (Fsp3) is 0.500. The Balaban J connectivity index is 0.00000256. The second kappa shape index (κ2) is 6.69. The van der Waals surface area contributed by atoms with E-state index in [0.717, 1.165) is 5.56 Å². The van der Waals surface area contributed by atoms with Crippen molar-refractivity contribution in [3.05, 3.63) is 23.8 Å². The van der Waals surface area contributed by atoms with Gasteiger partial charge < -0.3 is 20.3 Å². The Kier molecular flexibility index (Phi) is 6.31. The molecule has 98 valence electrons. The number of hydrogen-bond donors (Lipinski definition) is 2. The number of methoxy groups -OCH3 is 2. The van der Waals surface area contributed by atoms with Gasteiger partial charge in [0.05, 0.1) is 19.8 Å². The number of nitrogens with two attached hydrogens (primary N) is 1. The van der Waals surface area contributed by atoms with Gasteiger partial charge in [-0.25, -0.2) is 0 Å². The Bertz CT molecular complexity index is 356. The summed E-state index contributed by atoms with van der Waals surface area (Å²) < 4.78 is 10.3. The van der Waals surface area contributed by atoms with Crippen LogP contribution in [0.25, 0.3) is 0 Å². The van der Waals surface area contributed by atoms with Crippen LogP contribution in [-0.4, -0.2) is 31.5 Å². The quantitative estimate of drug-likeness (QED) is 0.841. The summed E-state index contributed by atoms with van der Waals surface area (Å²) in [6, 6.07) is 5.56. The van der Waals surface area contributed by atoms with Crippen LogP contribution in [0.5, 0.6) is 11.5 Å². The Morgan fingerprint density at radius 3 is 2.29 bits per heavy atom. The van der Waals surface area contributed by atoms with Crippen LogP contribution in [0.15, 0.2) is 18.2 Å². The van der Waals surface area contributed by atoms with Gasteiger partial charge in [-0.2, -0.15) is 0 Å². The summed E-state index contributed by atoms with van der Waals surface area (Å²) in [5, 5.41) is 9.87. The molecule has 0 aliphatic heterocycles. The summed E-state index contributed by atoms with van der Waals surface area (Å²) >= 11 is 0. The molecule has 0 amide bonds. The average Bonchev–Trinajstić information content (AvgIpc) is 2.28. The van der Waals surface area contributed by atoms with Crippen molar-refractivity contribution >= 4 is 12.4 Å². The van der Waals surface area contributed by atoms with Crippen LogP contribution in [0.1, 0.15) is 12.5 Å². The molecule has 0 radical (unpaired) electrons. The first kappa shape index (κ1) is 16.0. The Hall–Kier alpha value is -0.970. The maximum atomic E-state index is 9.87. The summed E-state index contributed by atoms with van der Waals surface area (Å²) in [7, 11) is 3.18. The summed E-state index contributed by atoms with van der Waals surface area (Å²) in [6.07, 6.45) is 0.490. The highest BCUT2D eigenvalue weighted by Gasteiger charge is 2.19. The maximum Gasteiger partial charge on any atom is 0.160 e. The van der Waals surface area contributed by atoms with Gasteiger partial charge in [0.1, 0.15) is 0 Å².